The lowest BCUT2D eigenvalue weighted by atomic mass is 10.2. The van der Waals surface area contributed by atoms with E-state index in [4.69, 9.17) is 9.84 Å². The van der Waals surface area contributed by atoms with Gasteiger partial charge in [-0.15, -0.1) is 0 Å². The second-order valence-corrected chi connectivity index (χ2v) is 4.65. The fourth-order valence-corrected chi connectivity index (χ4v) is 2.28. The van der Waals surface area contributed by atoms with Crippen molar-refractivity contribution in [2.24, 2.45) is 0 Å². The third-order valence-electron chi connectivity index (χ3n) is 3.41. The molecule has 2 N–H and O–H groups in total. The van der Waals surface area contributed by atoms with Crippen LogP contribution in [0.25, 0.3) is 0 Å². The number of rotatable bonds is 6. The van der Waals surface area contributed by atoms with Crippen molar-refractivity contribution in [3.8, 4) is 5.75 Å². The number of hydrogen-bond acceptors (Lipinski definition) is 4. The Bertz CT molecular complexity index is 578. The maximum Gasteiger partial charge on any atom is 0.141 e. The number of hydrogen-bond donors (Lipinski definition) is 2. The molecule has 5 nitrogen and oxygen atoms in total. The van der Waals surface area contributed by atoms with Gasteiger partial charge >= 0.3 is 0 Å². The van der Waals surface area contributed by atoms with E-state index in [9.17, 15) is 0 Å². The number of para-hydroxylation sites is 2. The summed E-state index contributed by atoms with van der Waals surface area (Å²) in [5, 5.41) is 16.8. The summed E-state index contributed by atoms with van der Waals surface area (Å²) in [6.07, 6.45) is 0. The minimum atomic E-state index is 0.0985. The van der Waals surface area contributed by atoms with E-state index in [0.29, 0.717) is 13.1 Å². The topological polar surface area (TPSA) is 59.3 Å². The molecule has 1 aromatic carbocycles. The van der Waals surface area contributed by atoms with Crippen LogP contribution < -0.4 is 10.1 Å². The van der Waals surface area contributed by atoms with Crippen LogP contribution in [-0.4, -0.2) is 28.6 Å². The fraction of sp³-hybridized carbons (Fsp3) is 0.400. The molecule has 20 heavy (non-hydrogen) atoms. The van der Waals surface area contributed by atoms with Crippen LogP contribution in [0, 0.1) is 13.8 Å². The van der Waals surface area contributed by atoms with Crippen molar-refractivity contribution in [2.75, 3.05) is 19.0 Å². The largest absolute Gasteiger partial charge is 0.495 e. The van der Waals surface area contributed by atoms with E-state index in [0.717, 1.165) is 28.4 Å². The van der Waals surface area contributed by atoms with Crippen LogP contribution >= 0.6 is 0 Å². The molecule has 0 saturated carbocycles. The number of methoxy groups -OCH3 is 1. The molecule has 0 aliphatic heterocycles. The van der Waals surface area contributed by atoms with Crippen molar-refractivity contribution in [1.29, 1.82) is 0 Å². The highest BCUT2D eigenvalue weighted by molar-refractivity contribution is 5.56. The van der Waals surface area contributed by atoms with Crippen LogP contribution in [0.15, 0.2) is 24.3 Å². The summed E-state index contributed by atoms with van der Waals surface area (Å²) in [5.41, 5.74) is 4.19. The Labute approximate surface area is 119 Å². The maximum atomic E-state index is 9.03. The predicted octanol–water partition coefficient (Wildman–Crippen LogP) is 2.11. The third-order valence-corrected chi connectivity index (χ3v) is 3.41. The van der Waals surface area contributed by atoms with E-state index < -0.39 is 0 Å². The first-order valence-corrected chi connectivity index (χ1v) is 6.68. The van der Waals surface area contributed by atoms with Crippen LogP contribution in [0.5, 0.6) is 5.75 Å². The minimum absolute atomic E-state index is 0.0985. The maximum absolute atomic E-state index is 9.03. The Kier molecular flexibility index (Phi) is 4.63. The standard InChI is InChI=1S/C15H21N3O2/c1-11-13(12(2)18(17-11)8-9-19)10-16-14-6-4-5-7-15(14)20-3/h4-7,16,19H,8-10H2,1-3H3. The second-order valence-electron chi connectivity index (χ2n) is 4.65. The molecule has 0 radical (unpaired) electrons. The smallest absolute Gasteiger partial charge is 0.141 e. The zero-order valence-corrected chi connectivity index (χ0v) is 12.2. The normalized spacial score (nSPS) is 10.6. The molecular formula is C15H21N3O2. The van der Waals surface area contributed by atoms with Gasteiger partial charge in [0, 0.05) is 17.8 Å². The molecule has 0 atom stereocenters. The predicted molar refractivity (Wildman–Crippen MR) is 79.1 cm³/mol. The van der Waals surface area contributed by atoms with E-state index in [1.54, 1.807) is 7.11 Å². The SMILES string of the molecule is COc1ccccc1NCc1c(C)nn(CCO)c1C. The molecule has 1 heterocycles. The Balaban J connectivity index is 2.15. The summed E-state index contributed by atoms with van der Waals surface area (Å²) in [6.45, 7) is 5.32. The van der Waals surface area contributed by atoms with Crippen molar-refractivity contribution < 1.29 is 9.84 Å². The van der Waals surface area contributed by atoms with Gasteiger partial charge in [0.25, 0.3) is 0 Å². The molecule has 0 spiro atoms. The average molecular weight is 275 g/mol. The number of nitrogens with one attached hydrogen (secondary N) is 1. The molecule has 2 rings (SSSR count). The molecule has 1 aromatic heterocycles. The minimum Gasteiger partial charge on any atom is -0.495 e. The first-order valence-electron chi connectivity index (χ1n) is 6.68. The molecule has 0 saturated heterocycles. The van der Waals surface area contributed by atoms with Crippen LogP contribution in [0.2, 0.25) is 0 Å². The lowest BCUT2D eigenvalue weighted by molar-refractivity contribution is 0.268. The van der Waals surface area contributed by atoms with Gasteiger partial charge in [0.15, 0.2) is 0 Å². The highest BCUT2D eigenvalue weighted by Gasteiger charge is 2.11. The highest BCUT2D eigenvalue weighted by atomic mass is 16.5. The Morgan fingerprint density at radius 2 is 2.05 bits per heavy atom. The van der Waals surface area contributed by atoms with Gasteiger partial charge in [-0.05, 0) is 26.0 Å². The molecule has 0 bridgehead atoms. The van der Waals surface area contributed by atoms with Crippen molar-refractivity contribution in [2.45, 2.75) is 26.9 Å². The molecule has 108 valence electrons. The van der Waals surface area contributed by atoms with Gasteiger partial charge in [0.05, 0.1) is 31.6 Å². The monoisotopic (exact) mass is 275 g/mol. The van der Waals surface area contributed by atoms with Crippen LogP contribution in [0.4, 0.5) is 5.69 Å². The fourth-order valence-electron chi connectivity index (χ4n) is 2.28. The Hall–Kier alpha value is -2.01. The zero-order valence-electron chi connectivity index (χ0n) is 12.2. The van der Waals surface area contributed by atoms with Crippen molar-refractivity contribution in [3.63, 3.8) is 0 Å². The number of nitrogens with zero attached hydrogens (tertiary/aromatic N) is 2. The molecular weight excluding hydrogens is 254 g/mol. The molecule has 0 unspecified atom stereocenters. The van der Waals surface area contributed by atoms with Crippen LogP contribution in [0.1, 0.15) is 17.0 Å². The Morgan fingerprint density at radius 3 is 2.75 bits per heavy atom. The summed E-state index contributed by atoms with van der Waals surface area (Å²) in [4.78, 5) is 0. The lowest BCUT2D eigenvalue weighted by Gasteiger charge is -2.11. The van der Waals surface area contributed by atoms with E-state index in [2.05, 4.69) is 10.4 Å². The summed E-state index contributed by atoms with van der Waals surface area (Å²) >= 11 is 0. The van der Waals surface area contributed by atoms with E-state index >= 15 is 0 Å². The van der Waals surface area contributed by atoms with Gasteiger partial charge in [-0.2, -0.15) is 5.10 Å². The average Bonchev–Trinajstić information content (AvgIpc) is 2.72. The summed E-state index contributed by atoms with van der Waals surface area (Å²) < 4.78 is 7.16. The quantitative estimate of drug-likeness (QED) is 0.847. The van der Waals surface area contributed by atoms with Crippen molar-refractivity contribution in [1.82, 2.24) is 9.78 Å². The van der Waals surface area contributed by atoms with E-state index in [1.165, 1.54) is 0 Å². The zero-order chi connectivity index (χ0) is 14.5. The van der Waals surface area contributed by atoms with Crippen molar-refractivity contribution >= 4 is 5.69 Å². The van der Waals surface area contributed by atoms with Gasteiger partial charge in [-0.3, -0.25) is 4.68 Å². The van der Waals surface area contributed by atoms with E-state index in [-0.39, 0.29) is 6.61 Å². The third kappa shape index (κ3) is 2.93. The van der Waals surface area contributed by atoms with Gasteiger partial charge in [-0.25, -0.2) is 0 Å². The Morgan fingerprint density at radius 1 is 1.30 bits per heavy atom. The first-order chi connectivity index (χ1) is 9.67. The number of anilines is 1. The highest BCUT2D eigenvalue weighted by Crippen LogP contribution is 2.24. The number of ether oxygens (including phenoxy) is 1. The number of aryl methyl sites for hydroxylation is 1. The number of benzene rings is 1. The summed E-state index contributed by atoms with van der Waals surface area (Å²) in [5.74, 6) is 0.825. The number of aliphatic hydroxyl groups is 1. The van der Waals surface area contributed by atoms with Gasteiger partial charge in [-0.1, -0.05) is 12.1 Å². The van der Waals surface area contributed by atoms with E-state index in [1.807, 2.05) is 42.8 Å². The number of aliphatic hydroxyl groups excluding tert-OH is 1. The number of aromatic nitrogens is 2. The van der Waals surface area contributed by atoms with Crippen LogP contribution in [0.3, 0.4) is 0 Å². The molecule has 0 fully saturated rings. The van der Waals surface area contributed by atoms with Gasteiger partial charge in [0.2, 0.25) is 0 Å². The van der Waals surface area contributed by atoms with Crippen molar-refractivity contribution in [3.05, 3.63) is 41.2 Å². The molecule has 5 heteroatoms. The summed E-state index contributed by atoms with van der Waals surface area (Å²) in [6, 6.07) is 7.83. The summed E-state index contributed by atoms with van der Waals surface area (Å²) in [7, 11) is 1.66. The lowest BCUT2D eigenvalue weighted by Crippen LogP contribution is -2.07. The molecule has 0 aliphatic carbocycles. The second kappa shape index (κ2) is 6.43. The first kappa shape index (κ1) is 14.4. The molecule has 2 aromatic rings. The van der Waals surface area contributed by atoms with Gasteiger partial charge < -0.3 is 15.2 Å². The molecule has 0 amide bonds. The van der Waals surface area contributed by atoms with Gasteiger partial charge in [0.1, 0.15) is 5.75 Å². The van der Waals surface area contributed by atoms with Crippen LogP contribution in [-0.2, 0) is 13.1 Å². The molecule has 0 aliphatic rings.